The summed E-state index contributed by atoms with van der Waals surface area (Å²) in [5, 5.41) is 17.5. The molecule has 0 unspecified atom stereocenters. The Labute approximate surface area is 229 Å². The first-order chi connectivity index (χ1) is 19.1. The Morgan fingerprint density at radius 2 is 2.00 bits per heavy atom. The molecular formula is C28H25ClN8O2. The lowest BCUT2D eigenvalue weighted by Crippen LogP contribution is -2.17. The van der Waals surface area contributed by atoms with Gasteiger partial charge in [0.05, 0.1) is 23.5 Å². The van der Waals surface area contributed by atoms with Gasteiger partial charge in [-0.3, -0.25) is 19.4 Å². The van der Waals surface area contributed by atoms with Crippen LogP contribution in [0.1, 0.15) is 28.0 Å². The zero-order valence-electron chi connectivity index (χ0n) is 20.9. The van der Waals surface area contributed by atoms with E-state index in [1.165, 1.54) is 6.20 Å². The standard InChI is InChI=1S/C28H25ClN8O2/c29-22-6-9-25-26(10-13-32-27(25)15-22)31-12-2-14-37-18-23(34-36-37)19-39-24-7-4-20(5-8-24)16-33-35-28(38)21-3-1-11-30-17-21/h1,3-11,13,15-18H,2,12,14,19H2,(H,31,32)(H,35,38)/b33-16+. The number of halogens is 1. The molecule has 2 aromatic carbocycles. The van der Waals surface area contributed by atoms with Crippen molar-refractivity contribution in [2.45, 2.75) is 19.6 Å². The quantitative estimate of drug-likeness (QED) is 0.141. The molecule has 0 fully saturated rings. The fraction of sp³-hybridized carbons (Fsp3) is 0.143. The molecule has 2 N–H and O–H groups in total. The number of aryl methyl sites for hydroxylation is 1. The maximum absolute atomic E-state index is 12.0. The topological polar surface area (TPSA) is 119 Å². The van der Waals surface area contributed by atoms with E-state index in [2.05, 4.69) is 36.1 Å². The third kappa shape index (κ3) is 7.14. The fourth-order valence-corrected chi connectivity index (χ4v) is 3.95. The summed E-state index contributed by atoms with van der Waals surface area (Å²) in [4.78, 5) is 20.3. The number of amides is 1. The summed E-state index contributed by atoms with van der Waals surface area (Å²) >= 11 is 6.07. The molecule has 39 heavy (non-hydrogen) atoms. The number of benzene rings is 2. The number of aromatic nitrogens is 5. The largest absolute Gasteiger partial charge is 0.487 e. The molecule has 0 aliphatic carbocycles. The van der Waals surface area contributed by atoms with E-state index >= 15 is 0 Å². The van der Waals surface area contributed by atoms with E-state index in [1.54, 1.807) is 30.7 Å². The van der Waals surface area contributed by atoms with Crippen molar-refractivity contribution in [1.82, 2.24) is 30.4 Å². The van der Waals surface area contributed by atoms with Crippen molar-refractivity contribution in [1.29, 1.82) is 0 Å². The minimum Gasteiger partial charge on any atom is -0.487 e. The maximum Gasteiger partial charge on any atom is 0.272 e. The predicted molar refractivity (Wildman–Crippen MR) is 150 cm³/mol. The fourth-order valence-electron chi connectivity index (χ4n) is 3.79. The summed E-state index contributed by atoms with van der Waals surface area (Å²) in [6.07, 6.45) is 9.18. The van der Waals surface area contributed by atoms with Crippen LogP contribution in [0.5, 0.6) is 5.75 Å². The van der Waals surface area contributed by atoms with E-state index in [-0.39, 0.29) is 5.91 Å². The lowest BCUT2D eigenvalue weighted by molar-refractivity contribution is 0.0954. The van der Waals surface area contributed by atoms with E-state index in [0.717, 1.165) is 47.4 Å². The number of rotatable bonds is 11. The highest BCUT2D eigenvalue weighted by molar-refractivity contribution is 6.31. The summed E-state index contributed by atoms with van der Waals surface area (Å²) in [6, 6.07) is 18.4. The second-order valence-electron chi connectivity index (χ2n) is 8.57. The van der Waals surface area contributed by atoms with E-state index in [1.807, 2.05) is 59.4 Å². The first-order valence-corrected chi connectivity index (χ1v) is 12.7. The molecule has 0 aliphatic heterocycles. The number of pyridine rings is 2. The van der Waals surface area contributed by atoms with Gasteiger partial charge in [-0.1, -0.05) is 16.8 Å². The molecule has 5 aromatic rings. The van der Waals surface area contributed by atoms with E-state index in [9.17, 15) is 4.79 Å². The van der Waals surface area contributed by atoms with Gasteiger partial charge in [-0.15, -0.1) is 5.10 Å². The van der Waals surface area contributed by atoms with Crippen LogP contribution in [0.2, 0.25) is 5.02 Å². The van der Waals surface area contributed by atoms with Gasteiger partial charge in [0.25, 0.3) is 5.91 Å². The SMILES string of the molecule is O=C(N/N=C/c1ccc(OCc2cn(CCCNc3ccnc4cc(Cl)ccc34)nn2)cc1)c1cccnc1. The Morgan fingerprint density at radius 3 is 2.85 bits per heavy atom. The molecule has 1 amide bonds. The van der Waals surface area contributed by atoms with Gasteiger partial charge in [0, 0.05) is 47.8 Å². The molecule has 0 aliphatic rings. The summed E-state index contributed by atoms with van der Waals surface area (Å²) in [7, 11) is 0. The summed E-state index contributed by atoms with van der Waals surface area (Å²) in [5.41, 5.74) is 6.36. The number of hydrogen-bond donors (Lipinski definition) is 2. The van der Waals surface area contributed by atoms with Gasteiger partial charge in [0.1, 0.15) is 18.1 Å². The van der Waals surface area contributed by atoms with Gasteiger partial charge in [-0.2, -0.15) is 5.10 Å². The van der Waals surface area contributed by atoms with Crippen LogP contribution in [0.25, 0.3) is 10.9 Å². The number of fused-ring (bicyclic) bond motifs is 1. The van der Waals surface area contributed by atoms with E-state index < -0.39 is 0 Å². The highest BCUT2D eigenvalue weighted by atomic mass is 35.5. The van der Waals surface area contributed by atoms with E-state index in [4.69, 9.17) is 16.3 Å². The number of anilines is 1. The lowest BCUT2D eigenvalue weighted by Gasteiger charge is -2.09. The van der Waals surface area contributed by atoms with Crippen LogP contribution in [0.4, 0.5) is 5.69 Å². The zero-order chi connectivity index (χ0) is 26.9. The second-order valence-corrected chi connectivity index (χ2v) is 9.01. The lowest BCUT2D eigenvalue weighted by atomic mass is 10.2. The molecule has 3 heterocycles. The van der Waals surface area contributed by atoms with Gasteiger partial charge in [0.2, 0.25) is 0 Å². The smallest absolute Gasteiger partial charge is 0.272 e. The maximum atomic E-state index is 12.0. The first-order valence-electron chi connectivity index (χ1n) is 12.3. The highest BCUT2D eigenvalue weighted by Gasteiger charge is 2.05. The van der Waals surface area contributed by atoms with Crippen LogP contribution < -0.4 is 15.5 Å². The molecule has 10 nitrogen and oxygen atoms in total. The summed E-state index contributed by atoms with van der Waals surface area (Å²) < 4.78 is 7.64. The van der Waals surface area contributed by atoms with Crippen molar-refractivity contribution in [3.05, 3.63) is 107 Å². The number of nitrogens with one attached hydrogen (secondary N) is 2. The molecule has 5 rings (SSSR count). The Kier molecular flexibility index (Phi) is 8.35. The van der Waals surface area contributed by atoms with Crippen molar-refractivity contribution in [3.8, 4) is 5.75 Å². The number of hydrogen-bond acceptors (Lipinski definition) is 8. The minimum atomic E-state index is -0.322. The van der Waals surface area contributed by atoms with Crippen LogP contribution in [0.3, 0.4) is 0 Å². The van der Waals surface area contributed by atoms with Gasteiger partial charge in [0.15, 0.2) is 0 Å². The van der Waals surface area contributed by atoms with Crippen molar-refractivity contribution in [2.24, 2.45) is 5.10 Å². The predicted octanol–water partition coefficient (Wildman–Crippen LogP) is 4.72. The van der Waals surface area contributed by atoms with Crippen molar-refractivity contribution >= 4 is 40.3 Å². The molecule has 0 saturated heterocycles. The minimum absolute atomic E-state index is 0.304. The highest BCUT2D eigenvalue weighted by Crippen LogP contribution is 2.24. The van der Waals surface area contributed by atoms with Gasteiger partial charge in [-0.05, 0) is 72.6 Å². The van der Waals surface area contributed by atoms with Gasteiger partial charge >= 0.3 is 0 Å². The average molecular weight is 541 g/mol. The van der Waals surface area contributed by atoms with Crippen LogP contribution in [-0.2, 0) is 13.2 Å². The summed E-state index contributed by atoms with van der Waals surface area (Å²) in [5.74, 6) is 0.368. The Bertz CT molecular complexity index is 1570. The van der Waals surface area contributed by atoms with Crippen molar-refractivity contribution < 1.29 is 9.53 Å². The Morgan fingerprint density at radius 1 is 1.10 bits per heavy atom. The van der Waals surface area contributed by atoms with Gasteiger partial charge in [-0.25, -0.2) is 5.43 Å². The summed E-state index contributed by atoms with van der Waals surface area (Å²) in [6.45, 7) is 1.80. The van der Waals surface area contributed by atoms with Crippen molar-refractivity contribution in [2.75, 3.05) is 11.9 Å². The molecule has 0 bridgehead atoms. The third-order valence-electron chi connectivity index (χ3n) is 5.74. The molecule has 196 valence electrons. The molecule has 0 saturated carbocycles. The average Bonchev–Trinajstić information content (AvgIpc) is 3.43. The Balaban J connectivity index is 1.04. The van der Waals surface area contributed by atoms with Crippen LogP contribution >= 0.6 is 11.6 Å². The normalized spacial score (nSPS) is 11.1. The monoisotopic (exact) mass is 540 g/mol. The number of hydrazone groups is 1. The van der Waals surface area contributed by atoms with Gasteiger partial charge < -0.3 is 10.1 Å². The number of nitrogens with zero attached hydrogens (tertiary/aromatic N) is 6. The van der Waals surface area contributed by atoms with Crippen LogP contribution in [0, 0.1) is 0 Å². The molecule has 11 heteroatoms. The third-order valence-corrected chi connectivity index (χ3v) is 5.98. The van der Waals surface area contributed by atoms with Crippen molar-refractivity contribution in [3.63, 3.8) is 0 Å². The molecular weight excluding hydrogens is 516 g/mol. The molecule has 0 spiro atoms. The zero-order valence-corrected chi connectivity index (χ0v) is 21.6. The molecule has 3 aromatic heterocycles. The number of ether oxygens (including phenoxy) is 1. The molecule has 0 atom stereocenters. The second kappa shape index (κ2) is 12.6. The Hall–Kier alpha value is -4.83. The number of carbonyl (C=O) groups is 1. The number of carbonyl (C=O) groups excluding carboxylic acids is 1. The van der Waals surface area contributed by atoms with Crippen LogP contribution in [-0.4, -0.2) is 43.6 Å². The molecule has 0 radical (unpaired) electrons. The van der Waals surface area contributed by atoms with Crippen LogP contribution in [0.15, 0.2) is 90.6 Å². The van der Waals surface area contributed by atoms with E-state index in [0.29, 0.717) is 22.9 Å². The first kappa shape index (κ1) is 25.8.